The van der Waals surface area contributed by atoms with Gasteiger partial charge in [0.05, 0.1) is 0 Å². The van der Waals surface area contributed by atoms with Crippen molar-refractivity contribution < 1.29 is 10.2 Å². The third-order valence-corrected chi connectivity index (χ3v) is 2.86. The van der Waals surface area contributed by atoms with E-state index in [-0.39, 0.29) is 11.5 Å². The van der Waals surface area contributed by atoms with Crippen molar-refractivity contribution in [2.24, 2.45) is 0 Å². The van der Waals surface area contributed by atoms with Gasteiger partial charge in [0, 0.05) is 5.56 Å². The number of para-hydroxylation sites is 1. The predicted octanol–water partition coefficient (Wildman–Crippen LogP) is 3.38. The van der Waals surface area contributed by atoms with Crippen molar-refractivity contribution in [3.05, 3.63) is 47.5 Å². The van der Waals surface area contributed by atoms with Crippen molar-refractivity contribution in [1.29, 1.82) is 0 Å². The summed E-state index contributed by atoms with van der Waals surface area (Å²) in [5, 5.41) is 19.5. The van der Waals surface area contributed by atoms with Crippen LogP contribution in [0.1, 0.15) is 11.1 Å². The Balaban J connectivity index is 2.62. The van der Waals surface area contributed by atoms with E-state index in [1.165, 1.54) is 0 Å². The molecule has 0 aliphatic carbocycles. The summed E-state index contributed by atoms with van der Waals surface area (Å²) in [6.45, 7) is 3.82. The monoisotopic (exact) mass is 214 g/mol. The number of hydrogen-bond donors (Lipinski definition) is 2. The average Bonchev–Trinajstić information content (AvgIpc) is 2.26. The topological polar surface area (TPSA) is 40.5 Å². The lowest BCUT2D eigenvalue weighted by Gasteiger charge is -2.09. The maximum Gasteiger partial charge on any atom is 0.123 e. The van der Waals surface area contributed by atoms with Gasteiger partial charge in [-0.2, -0.15) is 0 Å². The van der Waals surface area contributed by atoms with Gasteiger partial charge in [0.25, 0.3) is 0 Å². The van der Waals surface area contributed by atoms with Crippen molar-refractivity contribution in [1.82, 2.24) is 0 Å². The van der Waals surface area contributed by atoms with Crippen LogP contribution in [0.5, 0.6) is 11.5 Å². The zero-order valence-electron chi connectivity index (χ0n) is 9.36. The Kier molecular flexibility index (Phi) is 2.57. The van der Waals surface area contributed by atoms with Gasteiger partial charge in [0.15, 0.2) is 0 Å². The third kappa shape index (κ3) is 1.74. The Labute approximate surface area is 94.8 Å². The van der Waals surface area contributed by atoms with Gasteiger partial charge in [-0.15, -0.1) is 0 Å². The van der Waals surface area contributed by atoms with Crippen molar-refractivity contribution in [3.8, 4) is 22.6 Å². The normalized spacial score (nSPS) is 10.4. The highest BCUT2D eigenvalue weighted by Crippen LogP contribution is 2.33. The van der Waals surface area contributed by atoms with Crippen LogP contribution < -0.4 is 0 Å². The van der Waals surface area contributed by atoms with Crippen LogP contribution in [0.15, 0.2) is 36.4 Å². The van der Waals surface area contributed by atoms with Gasteiger partial charge in [-0.1, -0.05) is 24.3 Å². The predicted molar refractivity (Wildman–Crippen MR) is 64.7 cm³/mol. The standard InChI is InChI=1S/C14H14O2/c1-9-7-11(8-14(16)10(9)2)12-5-3-4-6-13(12)15/h3-8,15-16H,1-2H3. The van der Waals surface area contributed by atoms with Gasteiger partial charge >= 0.3 is 0 Å². The highest BCUT2D eigenvalue weighted by atomic mass is 16.3. The molecule has 2 aromatic carbocycles. The van der Waals surface area contributed by atoms with Crippen molar-refractivity contribution in [2.45, 2.75) is 13.8 Å². The summed E-state index contributed by atoms with van der Waals surface area (Å²) >= 11 is 0. The van der Waals surface area contributed by atoms with E-state index in [1.807, 2.05) is 32.0 Å². The summed E-state index contributed by atoms with van der Waals surface area (Å²) in [5.74, 6) is 0.489. The van der Waals surface area contributed by atoms with Crippen LogP contribution in [0.25, 0.3) is 11.1 Å². The minimum Gasteiger partial charge on any atom is -0.508 e. The van der Waals surface area contributed by atoms with Gasteiger partial charge < -0.3 is 10.2 Å². The molecular formula is C14H14O2. The Morgan fingerprint density at radius 2 is 1.56 bits per heavy atom. The molecule has 0 aromatic heterocycles. The number of phenols is 2. The van der Waals surface area contributed by atoms with Crippen molar-refractivity contribution in [2.75, 3.05) is 0 Å². The summed E-state index contributed by atoms with van der Waals surface area (Å²) in [6, 6.07) is 10.8. The molecule has 0 heterocycles. The molecule has 2 heteroatoms. The fourth-order valence-electron chi connectivity index (χ4n) is 1.71. The molecule has 0 amide bonds. The fraction of sp³-hybridized carbons (Fsp3) is 0.143. The van der Waals surface area contributed by atoms with E-state index in [9.17, 15) is 10.2 Å². The molecule has 16 heavy (non-hydrogen) atoms. The highest BCUT2D eigenvalue weighted by molar-refractivity contribution is 5.72. The number of phenolic OH excluding ortho intramolecular Hbond substituents is 2. The smallest absolute Gasteiger partial charge is 0.123 e. The maximum absolute atomic E-state index is 9.75. The van der Waals surface area contributed by atoms with Crippen LogP contribution in [0.4, 0.5) is 0 Å². The van der Waals surface area contributed by atoms with Crippen LogP contribution in [0.3, 0.4) is 0 Å². The van der Waals surface area contributed by atoms with E-state index in [4.69, 9.17) is 0 Å². The van der Waals surface area contributed by atoms with E-state index >= 15 is 0 Å². The Bertz CT molecular complexity index is 507. The summed E-state index contributed by atoms with van der Waals surface area (Å²) in [4.78, 5) is 0. The molecule has 0 aliphatic heterocycles. The first-order chi connectivity index (χ1) is 7.59. The van der Waals surface area contributed by atoms with Gasteiger partial charge in [0.2, 0.25) is 0 Å². The van der Waals surface area contributed by atoms with Gasteiger partial charge in [-0.3, -0.25) is 0 Å². The quantitative estimate of drug-likeness (QED) is 0.764. The fourth-order valence-corrected chi connectivity index (χ4v) is 1.71. The van der Waals surface area contributed by atoms with Gasteiger partial charge in [-0.05, 0) is 42.7 Å². The second-order valence-corrected chi connectivity index (χ2v) is 3.95. The molecule has 2 rings (SSSR count). The number of rotatable bonds is 1. The lowest BCUT2D eigenvalue weighted by Crippen LogP contribution is -1.85. The van der Waals surface area contributed by atoms with Crippen LogP contribution >= 0.6 is 0 Å². The molecule has 0 bridgehead atoms. The van der Waals surface area contributed by atoms with Crippen LogP contribution in [-0.2, 0) is 0 Å². The molecule has 2 nitrogen and oxygen atoms in total. The molecule has 2 N–H and O–H groups in total. The molecule has 82 valence electrons. The second kappa shape index (κ2) is 3.89. The minimum absolute atomic E-state index is 0.227. The lowest BCUT2D eigenvalue weighted by molar-refractivity contribution is 0.470. The van der Waals surface area contributed by atoms with E-state index in [0.29, 0.717) is 0 Å². The van der Waals surface area contributed by atoms with Crippen LogP contribution in [0, 0.1) is 13.8 Å². The second-order valence-electron chi connectivity index (χ2n) is 3.95. The summed E-state index contributed by atoms with van der Waals surface area (Å²) in [6.07, 6.45) is 0. The molecule has 0 aliphatic rings. The van der Waals surface area contributed by atoms with E-state index < -0.39 is 0 Å². The zero-order valence-corrected chi connectivity index (χ0v) is 9.36. The highest BCUT2D eigenvalue weighted by Gasteiger charge is 2.07. The SMILES string of the molecule is Cc1cc(-c2ccccc2O)cc(O)c1C. The molecule has 0 atom stereocenters. The molecule has 0 spiro atoms. The minimum atomic E-state index is 0.227. The molecule has 0 fully saturated rings. The molecular weight excluding hydrogens is 200 g/mol. The number of benzene rings is 2. The number of hydrogen-bond acceptors (Lipinski definition) is 2. The third-order valence-electron chi connectivity index (χ3n) is 2.86. The van der Waals surface area contributed by atoms with E-state index in [0.717, 1.165) is 22.3 Å². The van der Waals surface area contributed by atoms with Crippen LogP contribution in [0.2, 0.25) is 0 Å². The number of aromatic hydroxyl groups is 2. The Morgan fingerprint density at radius 3 is 2.19 bits per heavy atom. The van der Waals surface area contributed by atoms with E-state index in [1.54, 1.807) is 18.2 Å². The summed E-state index contributed by atoms with van der Waals surface area (Å²) in [5.41, 5.74) is 3.46. The van der Waals surface area contributed by atoms with Crippen molar-refractivity contribution in [3.63, 3.8) is 0 Å². The van der Waals surface area contributed by atoms with E-state index in [2.05, 4.69) is 0 Å². The molecule has 0 radical (unpaired) electrons. The summed E-state index contributed by atoms with van der Waals surface area (Å²) in [7, 11) is 0. The van der Waals surface area contributed by atoms with Gasteiger partial charge in [-0.25, -0.2) is 0 Å². The molecule has 2 aromatic rings. The first-order valence-electron chi connectivity index (χ1n) is 5.18. The largest absolute Gasteiger partial charge is 0.508 e. The number of aryl methyl sites for hydroxylation is 1. The lowest BCUT2D eigenvalue weighted by atomic mass is 9.99. The average molecular weight is 214 g/mol. The molecule has 0 saturated heterocycles. The Morgan fingerprint density at radius 1 is 0.875 bits per heavy atom. The first-order valence-corrected chi connectivity index (χ1v) is 5.18. The molecule has 0 unspecified atom stereocenters. The molecule has 0 saturated carbocycles. The summed E-state index contributed by atoms with van der Waals surface area (Å²) < 4.78 is 0. The Hall–Kier alpha value is -1.96. The maximum atomic E-state index is 9.75. The van der Waals surface area contributed by atoms with Crippen molar-refractivity contribution >= 4 is 0 Å². The zero-order chi connectivity index (χ0) is 11.7. The van der Waals surface area contributed by atoms with Gasteiger partial charge in [0.1, 0.15) is 11.5 Å². The van der Waals surface area contributed by atoms with Crippen LogP contribution in [-0.4, -0.2) is 10.2 Å². The first kappa shape index (κ1) is 10.6.